The van der Waals surface area contributed by atoms with Crippen LogP contribution in [0, 0.1) is 0 Å². The van der Waals surface area contributed by atoms with Crippen LogP contribution in [0.2, 0.25) is 0 Å². The highest BCUT2D eigenvalue weighted by Crippen LogP contribution is 2.54. The number of anilines is 1. The highest BCUT2D eigenvalue weighted by Gasteiger charge is 2.33. The molecule has 0 radical (unpaired) electrons. The van der Waals surface area contributed by atoms with Crippen molar-refractivity contribution in [3.63, 3.8) is 0 Å². The zero-order chi connectivity index (χ0) is 26.6. The molecule has 2 N–H and O–H groups in total. The van der Waals surface area contributed by atoms with Gasteiger partial charge in [-0.1, -0.05) is 12.1 Å². The van der Waals surface area contributed by atoms with Gasteiger partial charge in [0.05, 0.1) is 36.3 Å². The number of hydrogen-bond donors (Lipinski definition) is 2. The minimum absolute atomic E-state index is 0.0288. The number of fused-ring (bicyclic) bond motifs is 5. The summed E-state index contributed by atoms with van der Waals surface area (Å²) < 4.78 is 17.5. The number of carbonyl (C=O) groups excluding carboxylic acids is 1. The van der Waals surface area contributed by atoms with Crippen molar-refractivity contribution in [1.82, 2.24) is 4.90 Å². The van der Waals surface area contributed by atoms with Gasteiger partial charge in [-0.05, 0) is 62.8 Å². The Bertz CT molecular complexity index is 1510. The molecule has 1 amide bonds. The minimum Gasteiger partial charge on any atom is -0.504 e. The van der Waals surface area contributed by atoms with Crippen LogP contribution in [0.4, 0.5) is 5.69 Å². The van der Waals surface area contributed by atoms with Gasteiger partial charge in [-0.25, -0.2) is 0 Å². The minimum atomic E-state index is -0.193. The molecule has 3 aromatic rings. The summed E-state index contributed by atoms with van der Waals surface area (Å²) in [6.45, 7) is 8.74. The third-order valence-electron chi connectivity index (χ3n) is 7.08. The van der Waals surface area contributed by atoms with Crippen LogP contribution in [0.1, 0.15) is 46.4 Å². The summed E-state index contributed by atoms with van der Waals surface area (Å²) in [5.74, 6) is 1.75. The maximum absolute atomic E-state index is 13.0. The molecular formula is C30H30N2O5S. The molecule has 196 valence electrons. The molecule has 7 nitrogen and oxygen atoms in total. The summed E-state index contributed by atoms with van der Waals surface area (Å²) in [7, 11) is 1.55. The summed E-state index contributed by atoms with van der Waals surface area (Å²) in [5.41, 5.74) is 5.55. The fraction of sp³-hybridized carbons (Fsp3) is 0.300. The van der Waals surface area contributed by atoms with E-state index < -0.39 is 0 Å². The summed E-state index contributed by atoms with van der Waals surface area (Å²) in [4.78, 5) is 16.5. The zero-order valence-corrected chi connectivity index (χ0v) is 22.7. The molecule has 0 atom stereocenters. The first-order valence-electron chi connectivity index (χ1n) is 12.7. The van der Waals surface area contributed by atoms with Gasteiger partial charge in [0.2, 0.25) is 0 Å². The number of hydrogen-bond acceptors (Lipinski definition) is 7. The summed E-state index contributed by atoms with van der Waals surface area (Å²) in [5, 5.41) is 14.2. The van der Waals surface area contributed by atoms with Crippen molar-refractivity contribution in [3.8, 4) is 28.4 Å². The second-order valence-corrected chi connectivity index (χ2v) is 11.4. The van der Waals surface area contributed by atoms with E-state index in [9.17, 15) is 9.90 Å². The van der Waals surface area contributed by atoms with E-state index >= 15 is 0 Å². The zero-order valence-electron chi connectivity index (χ0n) is 21.9. The van der Waals surface area contributed by atoms with Gasteiger partial charge in [0.1, 0.15) is 11.5 Å². The van der Waals surface area contributed by atoms with Crippen molar-refractivity contribution in [3.05, 3.63) is 63.4 Å². The van der Waals surface area contributed by atoms with Gasteiger partial charge >= 0.3 is 0 Å². The van der Waals surface area contributed by atoms with E-state index in [1.54, 1.807) is 19.2 Å². The Hall–Kier alpha value is -3.75. The molecule has 6 rings (SSSR count). The number of methoxy groups -OCH3 is 1. The summed E-state index contributed by atoms with van der Waals surface area (Å²) in [6.07, 6.45) is 4.21. The maximum atomic E-state index is 13.0. The molecule has 1 saturated heterocycles. The predicted octanol–water partition coefficient (Wildman–Crippen LogP) is 6.10. The van der Waals surface area contributed by atoms with Crippen LogP contribution >= 0.6 is 11.3 Å². The Morgan fingerprint density at radius 1 is 1.11 bits per heavy atom. The van der Waals surface area contributed by atoms with Gasteiger partial charge in [0.25, 0.3) is 5.91 Å². The van der Waals surface area contributed by atoms with Crippen molar-refractivity contribution >= 4 is 40.3 Å². The van der Waals surface area contributed by atoms with E-state index in [1.165, 1.54) is 11.3 Å². The molecule has 38 heavy (non-hydrogen) atoms. The number of amides is 1. The number of carbonyl (C=O) groups is 1. The van der Waals surface area contributed by atoms with Crippen LogP contribution in [0.25, 0.3) is 28.5 Å². The van der Waals surface area contributed by atoms with Crippen LogP contribution in [0.3, 0.4) is 0 Å². The van der Waals surface area contributed by atoms with Gasteiger partial charge in [0.15, 0.2) is 11.5 Å². The average Bonchev–Trinajstić information content (AvgIpc) is 3.36. The first-order valence-corrected chi connectivity index (χ1v) is 13.5. The lowest BCUT2D eigenvalue weighted by molar-refractivity contribution is 0.0306. The lowest BCUT2D eigenvalue weighted by Gasteiger charge is -2.35. The molecule has 4 heterocycles. The van der Waals surface area contributed by atoms with E-state index in [1.807, 2.05) is 23.1 Å². The number of nitrogens with zero attached hydrogens (tertiary/aromatic N) is 1. The second-order valence-electron chi connectivity index (χ2n) is 10.3. The van der Waals surface area contributed by atoms with E-state index in [2.05, 4.69) is 44.3 Å². The Kier molecular flexibility index (Phi) is 5.96. The van der Waals surface area contributed by atoms with Crippen LogP contribution in [-0.4, -0.2) is 54.9 Å². The molecule has 1 fully saturated rings. The first kappa shape index (κ1) is 24.6. The number of nitrogens with one attached hydrogen (secondary N) is 1. The van der Waals surface area contributed by atoms with E-state index in [0.29, 0.717) is 48.4 Å². The topological polar surface area (TPSA) is 80.3 Å². The fourth-order valence-electron chi connectivity index (χ4n) is 5.55. The largest absolute Gasteiger partial charge is 0.504 e. The summed E-state index contributed by atoms with van der Waals surface area (Å²) in [6, 6.07) is 11.3. The van der Waals surface area contributed by atoms with Crippen molar-refractivity contribution in [2.45, 2.75) is 26.3 Å². The number of benzene rings is 2. The van der Waals surface area contributed by atoms with E-state index in [4.69, 9.17) is 14.2 Å². The van der Waals surface area contributed by atoms with Gasteiger partial charge in [-0.3, -0.25) is 4.79 Å². The molecule has 3 aliphatic rings. The Morgan fingerprint density at radius 3 is 2.66 bits per heavy atom. The number of aromatic hydroxyl groups is 1. The number of phenols is 1. The molecule has 2 aromatic carbocycles. The molecule has 1 aromatic heterocycles. The number of morpholine rings is 1. The van der Waals surface area contributed by atoms with E-state index in [0.717, 1.165) is 38.4 Å². The standard InChI is InChI=1S/C30H30N2O5S/c1-17-16-30(2,3)31-20-7-6-19-26(25(17)20)23(37-22-9-8-21(33)28(35-4)27(19)22)15-18-5-10-24(38-18)29(34)32-11-13-36-14-12-32/h5-10,15-16,31,33H,11-14H2,1-4H3. The number of rotatable bonds is 3. The number of thiophene rings is 1. The van der Waals surface area contributed by atoms with Crippen LogP contribution in [0.5, 0.6) is 17.2 Å². The molecule has 3 aliphatic heterocycles. The average molecular weight is 531 g/mol. The normalized spacial score (nSPS) is 18.5. The van der Waals surface area contributed by atoms with E-state index in [-0.39, 0.29) is 17.2 Å². The van der Waals surface area contributed by atoms with Gasteiger partial charge in [0, 0.05) is 40.3 Å². The molecule has 0 aliphatic carbocycles. The molecule has 0 unspecified atom stereocenters. The SMILES string of the molecule is COc1c(O)ccc2c1-c1ccc3c(c1C(=Cc1ccc(C(=O)N4CCOCC4)s1)O2)C(C)=CC(C)(C)N3. The number of allylic oxidation sites excluding steroid dienone is 1. The van der Waals surface area contributed by atoms with Crippen LogP contribution in [-0.2, 0) is 4.74 Å². The van der Waals surface area contributed by atoms with Crippen LogP contribution < -0.4 is 14.8 Å². The van der Waals surface area contributed by atoms with Gasteiger partial charge < -0.3 is 29.5 Å². The van der Waals surface area contributed by atoms with Crippen molar-refractivity contribution < 1.29 is 24.1 Å². The smallest absolute Gasteiger partial charge is 0.264 e. The van der Waals surface area contributed by atoms with Crippen molar-refractivity contribution in [1.29, 1.82) is 0 Å². The monoisotopic (exact) mass is 530 g/mol. The maximum Gasteiger partial charge on any atom is 0.264 e. The first-order chi connectivity index (χ1) is 18.3. The Balaban J connectivity index is 1.50. The fourth-order valence-corrected chi connectivity index (χ4v) is 6.45. The number of phenolic OH excluding ortho intramolecular Hbond substituents is 1. The third kappa shape index (κ3) is 4.14. The molecule has 0 saturated carbocycles. The second kappa shape index (κ2) is 9.22. The quantitative estimate of drug-likeness (QED) is 0.426. The lowest BCUT2D eigenvalue weighted by Crippen LogP contribution is -2.40. The molecule has 0 bridgehead atoms. The highest BCUT2D eigenvalue weighted by molar-refractivity contribution is 7.14. The molecular weight excluding hydrogens is 500 g/mol. The van der Waals surface area contributed by atoms with Gasteiger partial charge in [-0.15, -0.1) is 11.3 Å². The molecule has 0 spiro atoms. The predicted molar refractivity (Wildman–Crippen MR) is 151 cm³/mol. The van der Waals surface area contributed by atoms with Crippen LogP contribution in [0.15, 0.2) is 42.5 Å². The van der Waals surface area contributed by atoms with Gasteiger partial charge in [-0.2, -0.15) is 0 Å². The van der Waals surface area contributed by atoms with Crippen molar-refractivity contribution in [2.75, 3.05) is 38.7 Å². The Labute approximate surface area is 226 Å². The molecule has 8 heteroatoms. The highest BCUT2D eigenvalue weighted by atomic mass is 32.1. The van der Waals surface area contributed by atoms with Crippen molar-refractivity contribution in [2.24, 2.45) is 0 Å². The third-order valence-corrected chi connectivity index (χ3v) is 8.10. The number of ether oxygens (including phenoxy) is 3. The summed E-state index contributed by atoms with van der Waals surface area (Å²) >= 11 is 1.45. The Morgan fingerprint density at radius 2 is 1.89 bits per heavy atom. The lowest BCUT2D eigenvalue weighted by atomic mass is 9.83.